The smallest absolute Gasteiger partial charge is 0.0125 e. The predicted octanol–water partition coefficient (Wildman–Crippen LogP) is 3.71. The van der Waals surface area contributed by atoms with Crippen LogP contribution < -0.4 is 5.84 Å². The molecule has 0 spiro atoms. The first-order chi connectivity index (χ1) is 7.27. The van der Waals surface area contributed by atoms with Crippen LogP contribution in [0.3, 0.4) is 0 Å². The Balaban J connectivity index is 2.87. The minimum Gasteiger partial charge on any atom is -0.269 e. The molecule has 15 heavy (non-hydrogen) atoms. The van der Waals surface area contributed by atoms with Crippen molar-refractivity contribution in [2.45, 2.75) is 71.1 Å². The normalized spacial score (nSPS) is 11.2. The van der Waals surface area contributed by atoms with Crippen molar-refractivity contribution in [2.75, 3.05) is 13.6 Å². The lowest BCUT2D eigenvalue weighted by Gasteiger charge is -2.08. The van der Waals surface area contributed by atoms with Crippen LogP contribution in [-0.2, 0) is 0 Å². The minimum absolute atomic E-state index is 1.04. The zero-order chi connectivity index (χ0) is 11.4. The molecule has 0 aromatic heterocycles. The van der Waals surface area contributed by atoms with Crippen molar-refractivity contribution < 1.29 is 0 Å². The maximum Gasteiger partial charge on any atom is 0.0125 e. The largest absolute Gasteiger partial charge is 0.269 e. The summed E-state index contributed by atoms with van der Waals surface area (Å²) in [5, 5.41) is 1.78. The molecule has 0 aliphatic rings. The molecular formula is C13H30N2. The summed E-state index contributed by atoms with van der Waals surface area (Å²) in [4.78, 5) is 0. The van der Waals surface area contributed by atoms with Crippen LogP contribution in [-0.4, -0.2) is 18.6 Å². The van der Waals surface area contributed by atoms with E-state index in [0.29, 0.717) is 0 Å². The Morgan fingerprint density at radius 1 is 0.733 bits per heavy atom. The molecule has 0 saturated heterocycles. The van der Waals surface area contributed by atoms with Crippen LogP contribution in [0.2, 0.25) is 0 Å². The SMILES string of the molecule is CCCCCCCCCCCCN(C)N. The Morgan fingerprint density at radius 3 is 1.53 bits per heavy atom. The van der Waals surface area contributed by atoms with E-state index in [4.69, 9.17) is 5.84 Å². The fourth-order valence-electron chi connectivity index (χ4n) is 1.85. The summed E-state index contributed by atoms with van der Waals surface area (Å²) < 4.78 is 0. The van der Waals surface area contributed by atoms with E-state index in [1.807, 2.05) is 7.05 Å². The molecule has 0 aromatic rings. The zero-order valence-corrected chi connectivity index (χ0v) is 10.8. The van der Waals surface area contributed by atoms with Crippen molar-refractivity contribution >= 4 is 0 Å². The zero-order valence-electron chi connectivity index (χ0n) is 10.8. The molecule has 0 atom stereocenters. The average Bonchev–Trinajstić information content (AvgIpc) is 2.20. The van der Waals surface area contributed by atoms with Crippen LogP contribution in [0.4, 0.5) is 0 Å². The highest BCUT2D eigenvalue weighted by atomic mass is 15.4. The first-order valence-electron chi connectivity index (χ1n) is 6.73. The van der Waals surface area contributed by atoms with Gasteiger partial charge in [-0.1, -0.05) is 64.7 Å². The number of hydrazine groups is 1. The highest BCUT2D eigenvalue weighted by Gasteiger charge is 1.93. The molecule has 0 fully saturated rings. The standard InChI is InChI=1S/C13H30N2/c1-3-4-5-6-7-8-9-10-11-12-13-15(2)14/h3-14H2,1-2H3. The summed E-state index contributed by atoms with van der Waals surface area (Å²) in [6, 6.07) is 0. The van der Waals surface area contributed by atoms with E-state index < -0.39 is 0 Å². The quantitative estimate of drug-likeness (QED) is 0.323. The van der Waals surface area contributed by atoms with Gasteiger partial charge in [0.25, 0.3) is 0 Å². The Kier molecular flexibility index (Phi) is 11.9. The van der Waals surface area contributed by atoms with Gasteiger partial charge in [0.05, 0.1) is 0 Å². The van der Waals surface area contributed by atoms with Crippen molar-refractivity contribution in [2.24, 2.45) is 5.84 Å². The summed E-state index contributed by atoms with van der Waals surface area (Å²) in [5.41, 5.74) is 0. The molecule has 0 aliphatic carbocycles. The molecule has 92 valence electrons. The van der Waals surface area contributed by atoms with Gasteiger partial charge in [-0.2, -0.15) is 0 Å². The average molecular weight is 214 g/mol. The van der Waals surface area contributed by atoms with Gasteiger partial charge < -0.3 is 0 Å². The molecule has 0 heterocycles. The third-order valence-corrected chi connectivity index (χ3v) is 2.86. The lowest BCUT2D eigenvalue weighted by Crippen LogP contribution is -2.26. The lowest BCUT2D eigenvalue weighted by atomic mass is 10.1. The second kappa shape index (κ2) is 12.0. The Labute approximate surface area is 96.2 Å². The maximum absolute atomic E-state index is 5.53. The Hall–Kier alpha value is -0.0800. The summed E-state index contributed by atoms with van der Waals surface area (Å²) in [7, 11) is 1.94. The van der Waals surface area contributed by atoms with E-state index in [2.05, 4.69) is 6.92 Å². The molecule has 0 rings (SSSR count). The minimum atomic E-state index is 1.04. The van der Waals surface area contributed by atoms with Gasteiger partial charge in [0.15, 0.2) is 0 Å². The highest BCUT2D eigenvalue weighted by Crippen LogP contribution is 2.10. The number of hydrogen-bond donors (Lipinski definition) is 1. The van der Waals surface area contributed by atoms with E-state index in [1.165, 1.54) is 64.2 Å². The van der Waals surface area contributed by atoms with Crippen molar-refractivity contribution in [1.82, 2.24) is 5.01 Å². The van der Waals surface area contributed by atoms with Crippen LogP contribution >= 0.6 is 0 Å². The topological polar surface area (TPSA) is 29.3 Å². The number of nitrogens with zero attached hydrogens (tertiary/aromatic N) is 1. The van der Waals surface area contributed by atoms with Gasteiger partial charge in [-0.25, -0.2) is 0 Å². The molecule has 0 aliphatic heterocycles. The molecule has 0 saturated carbocycles. The van der Waals surface area contributed by atoms with Crippen molar-refractivity contribution in [3.05, 3.63) is 0 Å². The second-order valence-corrected chi connectivity index (χ2v) is 4.66. The van der Waals surface area contributed by atoms with E-state index in [0.717, 1.165) is 6.54 Å². The molecule has 2 heteroatoms. The Bertz CT molecular complexity index is 113. The van der Waals surface area contributed by atoms with Crippen LogP contribution in [0, 0.1) is 0 Å². The molecule has 2 N–H and O–H groups in total. The van der Waals surface area contributed by atoms with E-state index in [9.17, 15) is 0 Å². The van der Waals surface area contributed by atoms with Gasteiger partial charge >= 0.3 is 0 Å². The first-order valence-corrected chi connectivity index (χ1v) is 6.73. The molecule has 2 nitrogen and oxygen atoms in total. The molecule has 0 radical (unpaired) electrons. The summed E-state index contributed by atoms with van der Waals surface area (Å²) in [5.74, 6) is 5.53. The Morgan fingerprint density at radius 2 is 1.13 bits per heavy atom. The van der Waals surface area contributed by atoms with Gasteiger partial charge in [-0.05, 0) is 6.42 Å². The highest BCUT2D eigenvalue weighted by molar-refractivity contribution is 4.48. The predicted molar refractivity (Wildman–Crippen MR) is 68.7 cm³/mol. The molecule has 0 unspecified atom stereocenters. The van der Waals surface area contributed by atoms with Gasteiger partial charge in [0, 0.05) is 13.6 Å². The molecular weight excluding hydrogens is 184 g/mol. The fourth-order valence-corrected chi connectivity index (χ4v) is 1.85. The van der Waals surface area contributed by atoms with E-state index in [1.54, 1.807) is 5.01 Å². The monoisotopic (exact) mass is 214 g/mol. The van der Waals surface area contributed by atoms with Crippen molar-refractivity contribution in [3.8, 4) is 0 Å². The third-order valence-electron chi connectivity index (χ3n) is 2.86. The number of hydrogen-bond acceptors (Lipinski definition) is 2. The van der Waals surface area contributed by atoms with E-state index >= 15 is 0 Å². The summed E-state index contributed by atoms with van der Waals surface area (Å²) in [6.45, 7) is 3.31. The fraction of sp³-hybridized carbons (Fsp3) is 1.00. The third kappa shape index (κ3) is 13.9. The molecule has 0 amide bonds. The summed E-state index contributed by atoms with van der Waals surface area (Å²) in [6.07, 6.45) is 13.9. The van der Waals surface area contributed by atoms with Crippen LogP contribution in [0.5, 0.6) is 0 Å². The van der Waals surface area contributed by atoms with Gasteiger partial charge in [0.1, 0.15) is 0 Å². The first kappa shape index (κ1) is 14.9. The number of nitrogens with two attached hydrogens (primary N) is 1. The van der Waals surface area contributed by atoms with Crippen molar-refractivity contribution in [1.29, 1.82) is 0 Å². The second-order valence-electron chi connectivity index (χ2n) is 4.66. The number of rotatable bonds is 11. The molecule has 0 bridgehead atoms. The molecule has 0 aromatic carbocycles. The summed E-state index contributed by atoms with van der Waals surface area (Å²) >= 11 is 0. The number of unbranched alkanes of at least 4 members (excludes halogenated alkanes) is 9. The maximum atomic E-state index is 5.53. The van der Waals surface area contributed by atoms with Crippen LogP contribution in [0.25, 0.3) is 0 Å². The lowest BCUT2D eigenvalue weighted by molar-refractivity contribution is 0.336. The van der Waals surface area contributed by atoms with Gasteiger partial charge in [-0.3, -0.25) is 10.9 Å². The van der Waals surface area contributed by atoms with Crippen molar-refractivity contribution in [3.63, 3.8) is 0 Å². The van der Waals surface area contributed by atoms with Gasteiger partial charge in [-0.15, -0.1) is 0 Å². The van der Waals surface area contributed by atoms with Crippen LogP contribution in [0.1, 0.15) is 71.1 Å². The van der Waals surface area contributed by atoms with Crippen LogP contribution in [0.15, 0.2) is 0 Å². The van der Waals surface area contributed by atoms with Gasteiger partial charge in [0.2, 0.25) is 0 Å². The van der Waals surface area contributed by atoms with E-state index in [-0.39, 0.29) is 0 Å².